The van der Waals surface area contributed by atoms with Crippen LogP contribution in [0.25, 0.3) is 11.0 Å². The number of nitrogens with zero attached hydrogens (tertiary/aromatic N) is 4. The summed E-state index contributed by atoms with van der Waals surface area (Å²) in [5, 5.41) is 4.70. The predicted molar refractivity (Wildman–Crippen MR) is 96.6 cm³/mol. The summed E-state index contributed by atoms with van der Waals surface area (Å²) in [4.78, 5) is 24.6. The first-order valence-electron chi connectivity index (χ1n) is 9.68. The van der Waals surface area contributed by atoms with Gasteiger partial charge in [-0.3, -0.25) is 4.79 Å². The molecule has 5 rings (SSSR count). The van der Waals surface area contributed by atoms with Crippen LogP contribution in [0.3, 0.4) is 0 Å². The average Bonchev–Trinajstić information content (AvgIpc) is 3.21. The lowest BCUT2D eigenvalue weighted by Crippen LogP contribution is -2.28. The largest absolute Gasteiger partial charge is 0.448 e. The van der Waals surface area contributed by atoms with E-state index < -0.39 is 5.92 Å². The topological polar surface area (TPSA) is 89.6 Å². The monoisotopic (exact) mass is 389 g/mol. The maximum absolute atomic E-state index is 13.5. The van der Waals surface area contributed by atoms with E-state index in [1.165, 1.54) is 6.20 Å². The summed E-state index contributed by atoms with van der Waals surface area (Å²) in [6, 6.07) is -0.161. The van der Waals surface area contributed by atoms with Gasteiger partial charge in [0.05, 0.1) is 17.9 Å². The summed E-state index contributed by atoms with van der Waals surface area (Å²) in [5.41, 5.74) is 1.05. The highest BCUT2D eigenvalue weighted by atomic mass is 19.3. The minimum atomic E-state index is -2.61. The lowest BCUT2D eigenvalue weighted by Gasteiger charge is -2.33. The Labute approximate surface area is 159 Å². The summed E-state index contributed by atoms with van der Waals surface area (Å²) in [6.45, 7) is 1.87. The van der Waals surface area contributed by atoms with Crippen LogP contribution < -0.4 is 5.56 Å². The number of nitrogens with one attached hydrogen (secondary N) is 1. The van der Waals surface area contributed by atoms with Crippen LogP contribution in [0.1, 0.15) is 73.8 Å². The van der Waals surface area contributed by atoms with E-state index in [9.17, 15) is 13.6 Å². The molecule has 2 aliphatic rings. The van der Waals surface area contributed by atoms with E-state index in [-0.39, 0.29) is 36.3 Å². The molecule has 3 heterocycles. The van der Waals surface area contributed by atoms with Gasteiger partial charge in [-0.2, -0.15) is 5.10 Å². The summed E-state index contributed by atoms with van der Waals surface area (Å²) < 4.78 is 34.2. The van der Waals surface area contributed by atoms with Crippen LogP contribution in [0, 0.1) is 6.92 Å². The first kappa shape index (κ1) is 17.5. The molecule has 3 aromatic heterocycles. The Balaban J connectivity index is 1.49. The predicted octanol–water partition coefficient (Wildman–Crippen LogP) is 3.83. The first-order valence-corrected chi connectivity index (χ1v) is 9.68. The van der Waals surface area contributed by atoms with Crippen LogP contribution in [0.4, 0.5) is 8.78 Å². The molecule has 28 heavy (non-hydrogen) atoms. The molecule has 0 spiro atoms. The van der Waals surface area contributed by atoms with Crippen molar-refractivity contribution < 1.29 is 13.2 Å². The van der Waals surface area contributed by atoms with Gasteiger partial charge in [-0.05, 0) is 32.6 Å². The SMILES string of the molecule is Cc1coc([C@@H]2CC[C@@H]2c2nc3c(cnn3C3CCC(F)(F)CC3)c(=O)[nH]2)n1. The van der Waals surface area contributed by atoms with E-state index in [0.29, 0.717) is 35.6 Å². The summed E-state index contributed by atoms with van der Waals surface area (Å²) in [6.07, 6.45) is 5.23. The van der Waals surface area contributed by atoms with Gasteiger partial charge in [0.25, 0.3) is 5.56 Å². The van der Waals surface area contributed by atoms with Crippen molar-refractivity contribution in [1.29, 1.82) is 0 Å². The fourth-order valence-corrected chi connectivity index (χ4v) is 4.33. The molecular weight excluding hydrogens is 368 g/mol. The van der Waals surface area contributed by atoms with E-state index in [0.717, 1.165) is 18.5 Å². The molecule has 7 nitrogen and oxygen atoms in total. The minimum absolute atomic E-state index is 0.0224. The minimum Gasteiger partial charge on any atom is -0.448 e. The fraction of sp³-hybridized carbons (Fsp3) is 0.579. The Kier molecular flexibility index (Phi) is 3.89. The molecule has 0 unspecified atom stereocenters. The molecule has 0 aliphatic heterocycles. The zero-order valence-corrected chi connectivity index (χ0v) is 15.5. The number of aromatic amines is 1. The molecule has 2 atom stereocenters. The summed E-state index contributed by atoms with van der Waals surface area (Å²) >= 11 is 0. The number of hydrogen-bond acceptors (Lipinski definition) is 5. The highest BCUT2D eigenvalue weighted by Crippen LogP contribution is 2.47. The van der Waals surface area contributed by atoms with Gasteiger partial charge in [0.2, 0.25) is 5.92 Å². The third kappa shape index (κ3) is 2.84. The lowest BCUT2D eigenvalue weighted by atomic mass is 9.73. The maximum Gasteiger partial charge on any atom is 0.262 e. The van der Waals surface area contributed by atoms with Crippen molar-refractivity contribution >= 4 is 11.0 Å². The van der Waals surface area contributed by atoms with Gasteiger partial charge in [-0.25, -0.2) is 23.4 Å². The molecular formula is C19H21F2N5O2. The molecule has 2 aliphatic carbocycles. The molecule has 9 heteroatoms. The van der Waals surface area contributed by atoms with Crippen molar-refractivity contribution in [3.05, 3.63) is 40.2 Å². The number of oxazole rings is 1. The van der Waals surface area contributed by atoms with Crippen LogP contribution in [-0.2, 0) is 0 Å². The van der Waals surface area contributed by atoms with Gasteiger partial charge in [0.1, 0.15) is 17.5 Å². The summed E-state index contributed by atoms with van der Waals surface area (Å²) in [7, 11) is 0. The molecule has 148 valence electrons. The highest BCUT2D eigenvalue weighted by molar-refractivity contribution is 5.73. The van der Waals surface area contributed by atoms with Crippen LogP contribution in [-0.4, -0.2) is 30.7 Å². The lowest BCUT2D eigenvalue weighted by molar-refractivity contribution is -0.0446. The average molecular weight is 389 g/mol. The number of fused-ring (bicyclic) bond motifs is 1. The number of H-pyrrole nitrogens is 1. The molecule has 2 saturated carbocycles. The molecule has 3 aromatic rings. The molecule has 0 saturated heterocycles. The number of hydrogen-bond donors (Lipinski definition) is 1. The van der Waals surface area contributed by atoms with E-state index in [1.54, 1.807) is 10.9 Å². The third-order valence-electron chi connectivity index (χ3n) is 6.09. The second-order valence-corrected chi connectivity index (χ2v) is 7.98. The zero-order valence-electron chi connectivity index (χ0n) is 15.5. The summed E-state index contributed by atoms with van der Waals surface area (Å²) in [5.74, 6) is -1.25. The normalized spacial score (nSPS) is 25.1. The van der Waals surface area contributed by atoms with Gasteiger partial charge in [-0.15, -0.1) is 0 Å². The van der Waals surface area contributed by atoms with Gasteiger partial charge in [0, 0.05) is 24.7 Å². The van der Waals surface area contributed by atoms with Crippen molar-refractivity contribution in [2.75, 3.05) is 0 Å². The van der Waals surface area contributed by atoms with Crippen LogP contribution in [0.5, 0.6) is 0 Å². The molecule has 0 bridgehead atoms. The number of aromatic nitrogens is 5. The molecule has 0 aromatic carbocycles. The van der Waals surface area contributed by atoms with Crippen LogP contribution in [0.15, 0.2) is 21.7 Å². The Bertz CT molecular complexity index is 1080. The van der Waals surface area contributed by atoms with E-state index in [4.69, 9.17) is 9.40 Å². The van der Waals surface area contributed by atoms with E-state index in [1.807, 2.05) is 6.92 Å². The first-order chi connectivity index (χ1) is 13.4. The number of alkyl halides is 2. The third-order valence-corrected chi connectivity index (χ3v) is 6.09. The number of rotatable bonds is 3. The standard InChI is InChI=1S/C19H21F2N5O2/c1-10-9-28-18(23-10)13-3-2-12(13)15-24-16-14(17(27)25-15)8-22-26(16)11-4-6-19(20,21)7-5-11/h8-9,11-13H,2-7H2,1H3,(H,24,25,27)/t12-,13+/m0/s1. The van der Waals surface area contributed by atoms with Crippen molar-refractivity contribution in [2.45, 2.75) is 69.2 Å². The van der Waals surface area contributed by atoms with Crippen molar-refractivity contribution in [2.24, 2.45) is 0 Å². The fourth-order valence-electron chi connectivity index (χ4n) is 4.33. The highest BCUT2D eigenvalue weighted by Gasteiger charge is 2.39. The van der Waals surface area contributed by atoms with E-state index in [2.05, 4.69) is 15.1 Å². The molecule has 1 N–H and O–H groups in total. The van der Waals surface area contributed by atoms with Crippen LogP contribution in [0.2, 0.25) is 0 Å². The van der Waals surface area contributed by atoms with Crippen molar-refractivity contribution in [3.8, 4) is 0 Å². The van der Waals surface area contributed by atoms with Gasteiger partial charge >= 0.3 is 0 Å². The maximum atomic E-state index is 13.5. The van der Waals surface area contributed by atoms with Gasteiger partial charge in [0.15, 0.2) is 11.5 Å². The number of aryl methyl sites for hydroxylation is 1. The van der Waals surface area contributed by atoms with E-state index >= 15 is 0 Å². The zero-order chi connectivity index (χ0) is 19.5. The van der Waals surface area contributed by atoms with Gasteiger partial charge in [-0.1, -0.05) is 0 Å². The Morgan fingerprint density at radius 3 is 2.57 bits per heavy atom. The van der Waals surface area contributed by atoms with Gasteiger partial charge < -0.3 is 9.40 Å². The second kappa shape index (κ2) is 6.22. The Morgan fingerprint density at radius 2 is 1.93 bits per heavy atom. The van der Waals surface area contributed by atoms with Crippen molar-refractivity contribution in [1.82, 2.24) is 24.7 Å². The number of halogens is 2. The smallest absolute Gasteiger partial charge is 0.262 e. The molecule has 0 amide bonds. The quantitative estimate of drug-likeness (QED) is 0.735. The Hall–Kier alpha value is -2.58. The Morgan fingerprint density at radius 1 is 1.18 bits per heavy atom. The van der Waals surface area contributed by atoms with Crippen LogP contribution >= 0.6 is 0 Å². The van der Waals surface area contributed by atoms with Crippen molar-refractivity contribution in [3.63, 3.8) is 0 Å². The molecule has 0 radical (unpaired) electrons. The second-order valence-electron chi connectivity index (χ2n) is 7.98. The molecule has 2 fully saturated rings.